The van der Waals surface area contributed by atoms with Gasteiger partial charge in [0.2, 0.25) is 0 Å². The van der Waals surface area contributed by atoms with Crippen molar-refractivity contribution in [3.63, 3.8) is 0 Å². The van der Waals surface area contributed by atoms with Crippen LogP contribution >= 0.6 is 0 Å². The zero-order chi connectivity index (χ0) is 15.7. The Balaban J connectivity index is 1.67. The van der Waals surface area contributed by atoms with E-state index in [9.17, 15) is 4.79 Å². The van der Waals surface area contributed by atoms with E-state index in [1.807, 2.05) is 51.1 Å². The lowest BCUT2D eigenvalue weighted by molar-refractivity contribution is 0.00695. The van der Waals surface area contributed by atoms with Crippen molar-refractivity contribution in [1.29, 1.82) is 0 Å². The van der Waals surface area contributed by atoms with E-state index in [0.717, 1.165) is 5.56 Å². The summed E-state index contributed by atoms with van der Waals surface area (Å²) < 4.78 is 11.1. The third kappa shape index (κ3) is 3.37. The second kappa shape index (κ2) is 5.58. The first-order chi connectivity index (χ1) is 10.4. The highest BCUT2D eigenvalue weighted by Gasteiger charge is 2.41. The molecule has 0 unspecified atom stereocenters. The van der Waals surface area contributed by atoms with Crippen molar-refractivity contribution in [3.8, 4) is 0 Å². The Labute approximate surface area is 130 Å². The van der Waals surface area contributed by atoms with Crippen molar-refractivity contribution in [2.75, 3.05) is 0 Å². The van der Waals surface area contributed by atoms with Gasteiger partial charge in [0, 0.05) is 0 Å². The Hall–Kier alpha value is -2.13. The van der Waals surface area contributed by atoms with Crippen molar-refractivity contribution in [2.24, 2.45) is 0 Å². The molecule has 0 aliphatic carbocycles. The molecule has 2 aromatic carbocycles. The standard InChI is InChI=1S/C19H20O3/c1-19(2,3)22-18(20)15-11-9-14(10-12-15)17-16(21-17)13-7-5-4-6-8-13/h4-12,16-17H,1-3H3/t16-,17-/m0/s1. The highest BCUT2D eigenvalue weighted by atomic mass is 16.6. The molecular formula is C19H20O3. The van der Waals surface area contributed by atoms with Crippen LogP contribution in [0.5, 0.6) is 0 Å². The lowest BCUT2D eigenvalue weighted by atomic mass is 10.0. The average Bonchev–Trinajstić information content (AvgIpc) is 3.27. The van der Waals surface area contributed by atoms with Crippen LogP contribution in [-0.4, -0.2) is 11.6 Å². The summed E-state index contributed by atoms with van der Waals surface area (Å²) in [7, 11) is 0. The Morgan fingerprint density at radius 1 is 0.909 bits per heavy atom. The topological polar surface area (TPSA) is 38.8 Å². The molecule has 3 rings (SSSR count). The van der Waals surface area contributed by atoms with E-state index in [2.05, 4.69) is 12.1 Å². The maximum atomic E-state index is 12.0. The van der Waals surface area contributed by atoms with E-state index < -0.39 is 5.60 Å². The first kappa shape index (κ1) is 14.8. The maximum absolute atomic E-state index is 12.0. The number of ether oxygens (including phenoxy) is 2. The van der Waals surface area contributed by atoms with Gasteiger partial charge < -0.3 is 9.47 Å². The van der Waals surface area contributed by atoms with Crippen LogP contribution in [0.1, 0.15) is 54.5 Å². The van der Waals surface area contributed by atoms with Crippen LogP contribution in [0.3, 0.4) is 0 Å². The van der Waals surface area contributed by atoms with Crippen molar-refractivity contribution in [1.82, 2.24) is 0 Å². The van der Waals surface area contributed by atoms with Gasteiger partial charge in [0.25, 0.3) is 0 Å². The molecule has 0 saturated carbocycles. The highest BCUT2D eigenvalue weighted by molar-refractivity contribution is 5.89. The van der Waals surface area contributed by atoms with Gasteiger partial charge in [0.15, 0.2) is 0 Å². The Kier molecular flexibility index (Phi) is 3.75. The van der Waals surface area contributed by atoms with Crippen LogP contribution < -0.4 is 0 Å². The number of rotatable bonds is 3. The molecule has 0 aromatic heterocycles. The predicted octanol–water partition coefficient (Wildman–Crippen LogP) is 4.45. The van der Waals surface area contributed by atoms with Gasteiger partial charge in [-0.15, -0.1) is 0 Å². The molecule has 0 radical (unpaired) electrons. The third-order valence-electron chi connectivity index (χ3n) is 3.49. The molecule has 3 nitrogen and oxygen atoms in total. The summed E-state index contributed by atoms with van der Waals surface area (Å²) in [6.45, 7) is 5.59. The fraction of sp³-hybridized carbons (Fsp3) is 0.316. The van der Waals surface area contributed by atoms with Gasteiger partial charge in [-0.2, -0.15) is 0 Å². The molecule has 1 aliphatic rings. The third-order valence-corrected chi connectivity index (χ3v) is 3.49. The smallest absolute Gasteiger partial charge is 0.338 e. The Bertz CT molecular complexity index is 653. The molecule has 1 saturated heterocycles. The van der Waals surface area contributed by atoms with Crippen molar-refractivity contribution in [3.05, 3.63) is 71.3 Å². The van der Waals surface area contributed by atoms with E-state index in [1.54, 1.807) is 12.1 Å². The summed E-state index contributed by atoms with van der Waals surface area (Å²) in [6.07, 6.45) is 0.198. The number of benzene rings is 2. The van der Waals surface area contributed by atoms with Gasteiger partial charge in [-0.1, -0.05) is 42.5 Å². The van der Waals surface area contributed by atoms with Crippen molar-refractivity contribution >= 4 is 5.97 Å². The molecule has 2 aromatic rings. The summed E-state index contributed by atoms with van der Waals surface area (Å²) in [5, 5.41) is 0. The minimum atomic E-state index is -0.478. The van der Waals surface area contributed by atoms with Crippen LogP contribution in [0.2, 0.25) is 0 Å². The molecule has 114 valence electrons. The summed E-state index contributed by atoms with van der Waals surface area (Å²) >= 11 is 0. The van der Waals surface area contributed by atoms with Crippen LogP contribution in [0.25, 0.3) is 0 Å². The van der Waals surface area contributed by atoms with Crippen molar-refractivity contribution < 1.29 is 14.3 Å². The molecule has 1 fully saturated rings. The van der Waals surface area contributed by atoms with Gasteiger partial charge in [-0.05, 0) is 44.0 Å². The number of epoxide rings is 1. The zero-order valence-corrected chi connectivity index (χ0v) is 13.1. The van der Waals surface area contributed by atoms with E-state index >= 15 is 0 Å². The molecule has 0 amide bonds. The lowest BCUT2D eigenvalue weighted by Gasteiger charge is -2.19. The molecule has 2 atom stereocenters. The lowest BCUT2D eigenvalue weighted by Crippen LogP contribution is -2.23. The molecule has 0 spiro atoms. The quantitative estimate of drug-likeness (QED) is 0.620. The summed E-state index contributed by atoms with van der Waals surface area (Å²) in [5.74, 6) is -0.296. The summed E-state index contributed by atoms with van der Waals surface area (Å²) in [6, 6.07) is 17.6. The largest absolute Gasteiger partial charge is 0.456 e. The molecule has 22 heavy (non-hydrogen) atoms. The molecule has 1 aliphatic heterocycles. The maximum Gasteiger partial charge on any atom is 0.338 e. The number of hydrogen-bond acceptors (Lipinski definition) is 3. The molecule has 0 bridgehead atoms. The molecule has 3 heteroatoms. The van der Waals surface area contributed by atoms with Gasteiger partial charge in [0.05, 0.1) is 5.56 Å². The first-order valence-corrected chi connectivity index (χ1v) is 7.48. The second-order valence-electron chi connectivity index (χ2n) is 6.51. The van der Waals surface area contributed by atoms with Gasteiger partial charge in [-0.25, -0.2) is 4.79 Å². The highest BCUT2D eigenvalue weighted by Crippen LogP contribution is 2.50. The van der Waals surface area contributed by atoms with Crippen LogP contribution in [0.4, 0.5) is 0 Å². The number of carbonyl (C=O) groups excluding carboxylic acids is 1. The molecule has 0 N–H and O–H groups in total. The van der Waals surface area contributed by atoms with E-state index in [1.165, 1.54) is 5.56 Å². The predicted molar refractivity (Wildman–Crippen MR) is 84.6 cm³/mol. The number of esters is 1. The van der Waals surface area contributed by atoms with Crippen LogP contribution in [0, 0.1) is 0 Å². The van der Waals surface area contributed by atoms with Gasteiger partial charge in [-0.3, -0.25) is 0 Å². The van der Waals surface area contributed by atoms with E-state index in [0.29, 0.717) is 5.56 Å². The minimum Gasteiger partial charge on any atom is -0.456 e. The Morgan fingerprint density at radius 3 is 2.00 bits per heavy atom. The summed E-state index contributed by atoms with van der Waals surface area (Å²) in [4.78, 5) is 12.0. The van der Waals surface area contributed by atoms with Crippen LogP contribution in [-0.2, 0) is 9.47 Å². The molecule has 1 heterocycles. The number of hydrogen-bond donors (Lipinski definition) is 0. The second-order valence-corrected chi connectivity index (χ2v) is 6.51. The van der Waals surface area contributed by atoms with Gasteiger partial charge in [0.1, 0.15) is 17.8 Å². The normalized spacial score (nSPS) is 20.5. The fourth-order valence-electron chi connectivity index (χ4n) is 2.41. The summed E-state index contributed by atoms with van der Waals surface area (Å²) in [5.41, 5.74) is 2.36. The SMILES string of the molecule is CC(C)(C)OC(=O)c1ccc([C@@H]2O[C@H]2c2ccccc2)cc1. The number of carbonyl (C=O) groups is 1. The first-order valence-electron chi connectivity index (χ1n) is 7.48. The minimum absolute atomic E-state index is 0.0788. The Morgan fingerprint density at radius 2 is 1.45 bits per heavy atom. The average molecular weight is 296 g/mol. The van der Waals surface area contributed by atoms with E-state index in [-0.39, 0.29) is 18.2 Å². The monoisotopic (exact) mass is 296 g/mol. The molecular weight excluding hydrogens is 276 g/mol. The van der Waals surface area contributed by atoms with Crippen LogP contribution in [0.15, 0.2) is 54.6 Å². The fourth-order valence-corrected chi connectivity index (χ4v) is 2.41. The van der Waals surface area contributed by atoms with Gasteiger partial charge >= 0.3 is 5.97 Å². The zero-order valence-electron chi connectivity index (χ0n) is 13.1. The van der Waals surface area contributed by atoms with E-state index in [4.69, 9.17) is 9.47 Å². The van der Waals surface area contributed by atoms with Crippen molar-refractivity contribution in [2.45, 2.75) is 38.6 Å².